The molecule has 0 fully saturated rings. The SMILES string of the molecule is CN(c1nc(-c2ccccc2Cl)ns1)C(O)C(CC(=O)O)Cc1ccccc1. The number of anilines is 1. The van der Waals surface area contributed by atoms with Crippen LogP contribution in [0.25, 0.3) is 11.4 Å². The van der Waals surface area contributed by atoms with E-state index in [0.717, 1.165) is 17.1 Å². The maximum Gasteiger partial charge on any atom is 0.303 e. The van der Waals surface area contributed by atoms with Gasteiger partial charge in [-0.3, -0.25) is 4.79 Å². The lowest BCUT2D eigenvalue weighted by Gasteiger charge is -2.29. The molecule has 2 N–H and O–H groups in total. The quantitative estimate of drug-likeness (QED) is 0.540. The standard InChI is InChI=1S/C20H20ClN3O3S/c1-24(20-22-18(23-28-20)15-9-5-6-10-16(15)21)19(27)14(12-17(25)26)11-13-7-3-2-4-8-13/h2-10,14,19,27H,11-12H2,1H3,(H,25,26). The van der Waals surface area contributed by atoms with Crippen molar-refractivity contribution < 1.29 is 15.0 Å². The van der Waals surface area contributed by atoms with Gasteiger partial charge in [0.2, 0.25) is 5.13 Å². The average molecular weight is 418 g/mol. The number of aliphatic carboxylic acids is 1. The van der Waals surface area contributed by atoms with Crippen molar-refractivity contribution in [1.29, 1.82) is 0 Å². The van der Waals surface area contributed by atoms with Crippen molar-refractivity contribution in [2.24, 2.45) is 5.92 Å². The molecule has 0 spiro atoms. The van der Waals surface area contributed by atoms with Crippen molar-refractivity contribution in [1.82, 2.24) is 9.36 Å². The molecule has 2 unspecified atom stereocenters. The van der Waals surface area contributed by atoms with Gasteiger partial charge in [0.05, 0.1) is 11.4 Å². The molecule has 0 saturated heterocycles. The highest BCUT2D eigenvalue weighted by Crippen LogP contribution is 2.30. The van der Waals surface area contributed by atoms with E-state index in [-0.39, 0.29) is 6.42 Å². The first-order chi connectivity index (χ1) is 13.5. The van der Waals surface area contributed by atoms with Gasteiger partial charge >= 0.3 is 5.97 Å². The number of rotatable bonds is 8. The maximum absolute atomic E-state index is 11.3. The number of benzene rings is 2. The van der Waals surface area contributed by atoms with Gasteiger partial charge < -0.3 is 15.1 Å². The van der Waals surface area contributed by atoms with E-state index < -0.39 is 18.1 Å². The van der Waals surface area contributed by atoms with Crippen molar-refractivity contribution in [3.63, 3.8) is 0 Å². The van der Waals surface area contributed by atoms with Gasteiger partial charge in [0, 0.05) is 30.1 Å². The Labute approximate surface area is 172 Å². The summed E-state index contributed by atoms with van der Waals surface area (Å²) in [5, 5.41) is 21.2. The van der Waals surface area contributed by atoms with Crippen molar-refractivity contribution in [2.75, 3.05) is 11.9 Å². The van der Waals surface area contributed by atoms with E-state index in [4.69, 9.17) is 11.6 Å². The first kappa shape index (κ1) is 20.3. The van der Waals surface area contributed by atoms with Crippen LogP contribution in [0, 0.1) is 5.92 Å². The van der Waals surface area contributed by atoms with Crippen LogP contribution in [0.3, 0.4) is 0 Å². The Kier molecular flexibility index (Phi) is 6.61. The monoisotopic (exact) mass is 417 g/mol. The lowest BCUT2D eigenvalue weighted by Crippen LogP contribution is -2.40. The number of carboxylic acid groups (broad SMARTS) is 1. The predicted molar refractivity (Wildman–Crippen MR) is 111 cm³/mol. The molecule has 146 valence electrons. The minimum atomic E-state index is -1.02. The Morgan fingerprint density at radius 2 is 1.86 bits per heavy atom. The highest BCUT2D eigenvalue weighted by atomic mass is 35.5. The Morgan fingerprint density at radius 1 is 1.18 bits per heavy atom. The van der Waals surface area contributed by atoms with Gasteiger partial charge in [-0.05, 0) is 24.1 Å². The van der Waals surface area contributed by atoms with E-state index in [1.54, 1.807) is 18.0 Å². The summed E-state index contributed by atoms with van der Waals surface area (Å²) in [6.45, 7) is 0. The number of carbonyl (C=O) groups is 1. The van der Waals surface area contributed by atoms with Gasteiger partial charge in [0.25, 0.3) is 0 Å². The van der Waals surface area contributed by atoms with Gasteiger partial charge in [0.15, 0.2) is 5.82 Å². The number of halogens is 1. The van der Waals surface area contributed by atoms with E-state index >= 15 is 0 Å². The third-order valence-electron chi connectivity index (χ3n) is 4.43. The summed E-state index contributed by atoms with van der Waals surface area (Å²) in [5.41, 5.74) is 1.68. The molecule has 0 bridgehead atoms. The summed E-state index contributed by atoms with van der Waals surface area (Å²) in [6, 6.07) is 16.8. The number of nitrogens with zero attached hydrogens (tertiary/aromatic N) is 3. The van der Waals surface area contributed by atoms with Crippen molar-refractivity contribution in [3.05, 3.63) is 65.2 Å². The summed E-state index contributed by atoms with van der Waals surface area (Å²) in [4.78, 5) is 17.4. The minimum Gasteiger partial charge on any atom is -0.481 e. The Hall–Kier alpha value is -2.48. The van der Waals surface area contributed by atoms with Crippen LogP contribution >= 0.6 is 23.1 Å². The van der Waals surface area contributed by atoms with Gasteiger partial charge in [-0.2, -0.15) is 9.36 Å². The zero-order valence-corrected chi connectivity index (χ0v) is 16.8. The lowest BCUT2D eigenvalue weighted by molar-refractivity contribution is -0.139. The molecular weight excluding hydrogens is 398 g/mol. The smallest absolute Gasteiger partial charge is 0.303 e. The van der Waals surface area contributed by atoms with Crippen LogP contribution in [-0.2, 0) is 11.2 Å². The molecule has 3 aromatic rings. The van der Waals surface area contributed by atoms with Crippen LogP contribution < -0.4 is 4.90 Å². The van der Waals surface area contributed by atoms with Gasteiger partial charge in [-0.25, -0.2) is 0 Å². The van der Waals surface area contributed by atoms with Crippen LogP contribution in [0.1, 0.15) is 12.0 Å². The molecule has 1 aromatic heterocycles. The molecule has 6 nitrogen and oxygen atoms in total. The molecule has 0 aliphatic carbocycles. The van der Waals surface area contributed by atoms with Gasteiger partial charge in [0.1, 0.15) is 6.23 Å². The molecule has 3 rings (SSSR count). The number of aliphatic hydroxyl groups excluding tert-OH is 1. The lowest BCUT2D eigenvalue weighted by atomic mass is 9.94. The number of hydrogen-bond donors (Lipinski definition) is 2. The Bertz CT molecular complexity index is 935. The van der Waals surface area contributed by atoms with Gasteiger partial charge in [-0.15, -0.1) is 0 Å². The second-order valence-corrected chi connectivity index (χ2v) is 7.59. The Balaban J connectivity index is 1.80. The summed E-state index contributed by atoms with van der Waals surface area (Å²) >= 11 is 7.34. The zero-order valence-electron chi connectivity index (χ0n) is 15.2. The highest BCUT2D eigenvalue weighted by molar-refractivity contribution is 7.09. The third kappa shape index (κ3) is 4.86. The summed E-state index contributed by atoms with van der Waals surface area (Å²) in [5.74, 6) is -0.984. The first-order valence-electron chi connectivity index (χ1n) is 8.71. The van der Waals surface area contributed by atoms with Crippen molar-refractivity contribution >= 4 is 34.2 Å². The Morgan fingerprint density at radius 3 is 2.54 bits per heavy atom. The summed E-state index contributed by atoms with van der Waals surface area (Å²) in [6.07, 6.45) is -0.742. The molecule has 2 atom stereocenters. The molecule has 1 heterocycles. The number of carboxylic acids is 1. The molecule has 2 aromatic carbocycles. The second-order valence-electron chi connectivity index (χ2n) is 6.45. The average Bonchev–Trinajstić information content (AvgIpc) is 3.17. The normalized spacial score (nSPS) is 13.1. The zero-order chi connectivity index (χ0) is 20.1. The van der Waals surface area contributed by atoms with Crippen LogP contribution in [-0.4, -0.2) is 38.8 Å². The fraction of sp³-hybridized carbons (Fsp3) is 0.250. The number of hydrogen-bond acceptors (Lipinski definition) is 6. The molecule has 0 amide bonds. The van der Waals surface area contributed by atoms with Crippen molar-refractivity contribution in [2.45, 2.75) is 19.1 Å². The largest absolute Gasteiger partial charge is 0.481 e. The second kappa shape index (κ2) is 9.14. The molecular formula is C20H20ClN3O3S. The molecule has 0 saturated carbocycles. The molecule has 8 heteroatoms. The summed E-state index contributed by atoms with van der Waals surface area (Å²) < 4.78 is 4.33. The van der Waals surface area contributed by atoms with E-state index in [9.17, 15) is 15.0 Å². The summed E-state index contributed by atoms with van der Waals surface area (Å²) in [7, 11) is 1.68. The highest BCUT2D eigenvalue weighted by Gasteiger charge is 2.28. The van der Waals surface area contributed by atoms with E-state index in [1.165, 1.54) is 0 Å². The molecule has 0 aliphatic rings. The number of aromatic nitrogens is 2. The molecule has 0 aliphatic heterocycles. The van der Waals surface area contributed by atoms with Crippen LogP contribution in [0.4, 0.5) is 5.13 Å². The molecule has 28 heavy (non-hydrogen) atoms. The number of aliphatic hydroxyl groups is 1. The van der Waals surface area contributed by atoms with Crippen molar-refractivity contribution in [3.8, 4) is 11.4 Å². The molecule has 0 radical (unpaired) electrons. The maximum atomic E-state index is 11.3. The fourth-order valence-corrected chi connectivity index (χ4v) is 3.86. The fourth-order valence-electron chi connectivity index (χ4n) is 2.96. The topological polar surface area (TPSA) is 86.5 Å². The minimum absolute atomic E-state index is 0.156. The van der Waals surface area contributed by atoms with Crippen LogP contribution in [0.5, 0.6) is 0 Å². The predicted octanol–water partition coefficient (Wildman–Crippen LogP) is 3.95. The third-order valence-corrected chi connectivity index (χ3v) is 5.56. The first-order valence-corrected chi connectivity index (χ1v) is 9.86. The van der Waals surface area contributed by atoms with E-state index in [0.29, 0.717) is 28.0 Å². The van der Waals surface area contributed by atoms with Crippen LogP contribution in [0.15, 0.2) is 54.6 Å². The van der Waals surface area contributed by atoms with E-state index in [2.05, 4.69) is 9.36 Å². The van der Waals surface area contributed by atoms with Crippen LogP contribution in [0.2, 0.25) is 5.02 Å². The van der Waals surface area contributed by atoms with Gasteiger partial charge in [-0.1, -0.05) is 54.1 Å². The van der Waals surface area contributed by atoms with E-state index in [1.807, 2.05) is 48.5 Å².